The summed E-state index contributed by atoms with van der Waals surface area (Å²) in [6.45, 7) is -2.60. The molecule has 3 aromatic rings. The van der Waals surface area contributed by atoms with E-state index in [-0.39, 0.29) is 35.2 Å². The van der Waals surface area contributed by atoms with Crippen LogP contribution in [0.25, 0.3) is 11.3 Å². The number of aromatic nitrogens is 1. The molecule has 0 aliphatic rings. The number of hydrogen-bond donors (Lipinski definition) is 2. The summed E-state index contributed by atoms with van der Waals surface area (Å²) < 4.78 is 39.5. The summed E-state index contributed by atoms with van der Waals surface area (Å²) in [5, 5.41) is 5.31. The predicted molar refractivity (Wildman–Crippen MR) is 123 cm³/mol. The van der Waals surface area contributed by atoms with E-state index in [2.05, 4.69) is 20.0 Å². The average molecular weight is 515 g/mol. The number of anilines is 1. The average Bonchev–Trinajstić information content (AvgIpc) is 3.20. The van der Waals surface area contributed by atoms with Crippen molar-refractivity contribution >= 4 is 39.4 Å². The number of guanidine groups is 1. The highest BCUT2D eigenvalue weighted by atomic mass is 79.9. The Morgan fingerprint density at radius 2 is 1.77 bits per heavy atom. The van der Waals surface area contributed by atoms with Crippen LogP contribution in [0.15, 0.2) is 52.8 Å². The fourth-order valence-electron chi connectivity index (χ4n) is 2.67. The number of alkyl halides is 2. The molecular weight excluding hydrogens is 494 g/mol. The number of aliphatic imine (C=N–C) groups is 1. The molecule has 0 fully saturated rings. The number of benzene rings is 2. The van der Waals surface area contributed by atoms with E-state index >= 15 is 0 Å². The highest BCUT2D eigenvalue weighted by Crippen LogP contribution is 2.29. The van der Waals surface area contributed by atoms with Crippen molar-refractivity contribution in [3.63, 3.8) is 0 Å². The van der Waals surface area contributed by atoms with Crippen molar-refractivity contribution in [1.29, 1.82) is 0 Å². The molecule has 0 spiro atoms. The third-order valence-electron chi connectivity index (χ3n) is 4.05. The lowest BCUT2D eigenvalue weighted by molar-refractivity contribution is -0.0498. The van der Waals surface area contributed by atoms with Crippen molar-refractivity contribution in [2.24, 2.45) is 10.7 Å². The van der Waals surface area contributed by atoms with Gasteiger partial charge in [-0.2, -0.15) is 8.78 Å². The quantitative estimate of drug-likeness (QED) is 0.327. The van der Waals surface area contributed by atoms with E-state index in [0.717, 1.165) is 11.1 Å². The number of hydrogen-bond acceptors (Lipinski definition) is 6. The van der Waals surface area contributed by atoms with Crippen LogP contribution in [0.5, 0.6) is 17.2 Å². The van der Waals surface area contributed by atoms with Gasteiger partial charge in [0.15, 0.2) is 11.1 Å². The Morgan fingerprint density at radius 1 is 1.13 bits per heavy atom. The van der Waals surface area contributed by atoms with Gasteiger partial charge in [0.1, 0.15) is 17.2 Å². The van der Waals surface area contributed by atoms with E-state index in [9.17, 15) is 8.78 Å². The molecule has 1 aromatic heterocycles. The first-order valence-electron chi connectivity index (χ1n) is 8.77. The molecule has 0 radical (unpaired) electrons. The lowest BCUT2D eigenvalue weighted by atomic mass is 10.2. The van der Waals surface area contributed by atoms with Crippen LogP contribution in [0.3, 0.4) is 0 Å². The third kappa shape index (κ3) is 6.53. The predicted octanol–water partition coefficient (Wildman–Crippen LogP) is 4.93. The highest BCUT2D eigenvalue weighted by molar-refractivity contribution is 8.93. The summed E-state index contributed by atoms with van der Waals surface area (Å²) >= 11 is 1.34. The maximum atomic E-state index is 12.2. The first-order chi connectivity index (χ1) is 14.5. The van der Waals surface area contributed by atoms with Crippen LogP contribution in [0.1, 0.15) is 5.56 Å². The van der Waals surface area contributed by atoms with Gasteiger partial charge in [-0.3, -0.25) is 0 Å². The number of nitrogens with two attached hydrogens (primary N) is 1. The largest absolute Gasteiger partial charge is 0.496 e. The Labute approximate surface area is 192 Å². The number of ether oxygens (including phenoxy) is 3. The highest BCUT2D eigenvalue weighted by Gasteiger charge is 2.10. The van der Waals surface area contributed by atoms with Crippen LogP contribution < -0.4 is 25.3 Å². The van der Waals surface area contributed by atoms with Gasteiger partial charge in [-0.05, 0) is 36.4 Å². The number of nitrogens with zero attached hydrogens (tertiary/aromatic N) is 2. The Balaban J connectivity index is 0.00000341. The first-order valence-corrected chi connectivity index (χ1v) is 9.65. The lowest BCUT2D eigenvalue weighted by Crippen LogP contribution is -2.22. The third-order valence-corrected chi connectivity index (χ3v) is 4.81. The Bertz CT molecular complexity index is 994. The van der Waals surface area contributed by atoms with Crippen molar-refractivity contribution < 1.29 is 23.0 Å². The number of methoxy groups -OCH3 is 2. The molecule has 11 heteroatoms. The first kappa shape index (κ1) is 24.4. The van der Waals surface area contributed by atoms with E-state index < -0.39 is 6.61 Å². The maximum Gasteiger partial charge on any atom is 0.387 e. The Kier molecular flexibility index (Phi) is 9.01. The van der Waals surface area contributed by atoms with E-state index in [4.69, 9.17) is 15.2 Å². The molecule has 0 atom stereocenters. The monoisotopic (exact) mass is 514 g/mol. The van der Waals surface area contributed by atoms with Crippen molar-refractivity contribution in [2.75, 3.05) is 19.5 Å². The van der Waals surface area contributed by atoms with Gasteiger partial charge in [-0.1, -0.05) is 6.07 Å². The minimum Gasteiger partial charge on any atom is -0.496 e. The molecule has 0 unspecified atom stereocenters. The summed E-state index contributed by atoms with van der Waals surface area (Å²) in [5.41, 5.74) is 8.19. The second kappa shape index (κ2) is 11.5. The standard InChI is InChI=1S/C20H20F2N4O3S.BrH/c1-27-16-4-3-5-17(28-2)14(16)10-24-19(23)26-20-25-15(11-30-20)12-6-8-13(9-7-12)29-18(21)22;/h3-9,11,18H,10H2,1-2H3,(H3,23,24,25,26);1H. The van der Waals surface area contributed by atoms with Crippen LogP contribution in [0.4, 0.5) is 13.9 Å². The lowest BCUT2D eigenvalue weighted by Gasteiger charge is -2.11. The van der Waals surface area contributed by atoms with Gasteiger partial charge < -0.3 is 25.3 Å². The Hall–Kier alpha value is -2.92. The van der Waals surface area contributed by atoms with Crippen LogP contribution in [-0.4, -0.2) is 31.8 Å². The van der Waals surface area contributed by atoms with E-state index in [1.54, 1.807) is 26.4 Å². The molecule has 3 N–H and O–H groups in total. The van der Waals surface area contributed by atoms with E-state index in [1.165, 1.54) is 23.5 Å². The molecule has 1 heterocycles. The summed E-state index contributed by atoms with van der Waals surface area (Å²) in [5.74, 6) is 1.58. The summed E-state index contributed by atoms with van der Waals surface area (Å²) in [6, 6.07) is 11.7. The molecule has 0 saturated heterocycles. The van der Waals surface area contributed by atoms with Crippen LogP contribution in [0, 0.1) is 0 Å². The van der Waals surface area contributed by atoms with Gasteiger partial charge in [-0.25, -0.2) is 9.98 Å². The zero-order valence-corrected chi connectivity index (χ0v) is 19.2. The molecule has 0 aliphatic carbocycles. The van der Waals surface area contributed by atoms with Crippen LogP contribution >= 0.6 is 28.3 Å². The molecule has 0 amide bonds. The van der Waals surface area contributed by atoms with Gasteiger partial charge >= 0.3 is 6.61 Å². The zero-order valence-electron chi connectivity index (χ0n) is 16.7. The van der Waals surface area contributed by atoms with Gasteiger partial charge in [0, 0.05) is 10.9 Å². The minimum atomic E-state index is -2.86. The normalized spacial score (nSPS) is 11.1. The Morgan fingerprint density at radius 3 is 2.35 bits per heavy atom. The van der Waals surface area contributed by atoms with Gasteiger partial charge in [-0.15, -0.1) is 28.3 Å². The number of halogens is 3. The molecule has 7 nitrogen and oxygen atoms in total. The molecule has 0 aliphatic heterocycles. The fourth-order valence-corrected chi connectivity index (χ4v) is 3.39. The second-order valence-corrected chi connectivity index (χ2v) is 6.77. The van der Waals surface area contributed by atoms with Crippen molar-refractivity contribution in [2.45, 2.75) is 13.2 Å². The summed E-state index contributed by atoms with van der Waals surface area (Å²) in [4.78, 5) is 8.77. The maximum absolute atomic E-state index is 12.2. The molecule has 31 heavy (non-hydrogen) atoms. The minimum absolute atomic E-state index is 0. The smallest absolute Gasteiger partial charge is 0.387 e. The number of nitrogens with one attached hydrogen (secondary N) is 1. The van der Waals surface area contributed by atoms with Crippen LogP contribution in [0.2, 0.25) is 0 Å². The number of thiazole rings is 1. The van der Waals surface area contributed by atoms with Crippen LogP contribution in [-0.2, 0) is 6.54 Å². The van der Waals surface area contributed by atoms with Crippen molar-refractivity contribution in [3.8, 4) is 28.5 Å². The van der Waals surface area contributed by atoms with Crippen molar-refractivity contribution in [3.05, 3.63) is 53.4 Å². The van der Waals surface area contributed by atoms with E-state index in [0.29, 0.717) is 22.3 Å². The van der Waals surface area contributed by atoms with Gasteiger partial charge in [0.05, 0.1) is 32.0 Å². The molecule has 3 rings (SSSR count). The molecule has 166 valence electrons. The van der Waals surface area contributed by atoms with Gasteiger partial charge in [0.2, 0.25) is 0 Å². The second-order valence-electron chi connectivity index (χ2n) is 5.91. The molecular formula is C20H21BrF2N4O3S. The summed E-state index contributed by atoms with van der Waals surface area (Å²) in [7, 11) is 3.15. The fraction of sp³-hybridized carbons (Fsp3) is 0.200. The van der Waals surface area contributed by atoms with E-state index in [1.807, 2.05) is 23.6 Å². The topological polar surface area (TPSA) is 91.0 Å². The van der Waals surface area contributed by atoms with Crippen molar-refractivity contribution in [1.82, 2.24) is 4.98 Å². The van der Waals surface area contributed by atoms with Gasteiger partial charge in [0.25, 0.3) is 0 Å². The number of rotatable bonds is 8. The molecule has 2 aromatic carbocycles. The summed E-state index contributed by atoms with van der Waals surface area (Å²) in [6.07, 6.45) is 0. The zero-order chi connectivity index (χ0) is 21.5. The molecule has 0 saturated carbocycles. The SMILES string of the molecule is Br.COc1cccc(OC)c1CN=C(N)Nc1nc(-c2ccc(OC(F)F)cc2)cs1. The molecule has 0 bridgehead atoms.